The van der Waals surface area contributed by atoms with Gasteiger partial charge in [0.05, 0.1) is 11.8 Å². The zero-order valence-corrected chi connectivity index (χ0v) is 7.51. The van der Waals surface area contributed by atoms with E-state index in [9.17, 15) is 9.59 Å². The highest BCUT2D eigenvalue weighted by Crippen LogP contribution is 1.99. The van der Waals surface area contributed by atoms with Crippen molar-refractivity contribution >= 4 is 11.9 Å². The first-order chi connectivity index (χ1) is 6.59. The lowest BCUT2D eigenvalue weighted by Gasteiger charge is -1.97. The summed E-state index contributed by atoms with van der Waals surface area (Å²) in [6, 6.07) is 0. The third-order valence-corrected chi connectivity index (χ3v) is 1.70. The number of aryl methyl sites for hydroxylation is 1. The van der Waals surface area contributed by atoms with E-state index in [2.05, 4.69) is 5.10 Å². The Balaban J connectivity index is 2.44. The van der Waals surface area contributed by atoms with Crippen LogP contribution in [0.2, 0.25) is 0 Å². The molecule has 6 nitrogen and oxygen atoms in total. The molecule has 0 aromatic carbocycles. The van der Waals surface area contributed by atoms with Gasteiger partial charge in [0.1, 0.15) is 0 Å². The molecular formula is C8H11N3O3. The zero-order chi connectivity index (χ0) is 10.6. The maximum absolute atomic E-state index is 10.7. The fourth-order valence-corrected chi connectivity index (χ4v) is 1.01. The van der Waals surface area contributed by atoms with Gasteiger partial charge in [-0.05, 0) is 6.42 Å². The summed E-state index contributed by atoms with van der Waals surface area (Å²) in [5.41, 5.74) is 5.35. The number of aromatic nitrogens is 2. The van der Waals surface area contributed by atoms with Crippen molar-refractivity contribution in [3.8, 4) is 0 Å². The number of carbonyl (C=O) groups excluding carboxylic acids is 1. The second-order valence-electron chi connectivity index (χ2n) is 2.85. The first kappa shape index (κ1) is 10.2. The average Bonchev–Trinajstić information content (AvgIpc) is 2.52. The molecule has 0 bridgehead atoms. The van der Waals surface area contributed by atoms with Crippen LogP contribution in [0.4, 0.5) is 0 Å². The van der Waals surface area contributed by atoms with Crippen molar-refractivity contribution in [1.82, 2.24) is 9.78 Å². The van der Waals surface area contributed by atoms with E-state index in [4.69, 9.17) is 10.8 Å². The van der Waals surface area contributed by atoms with E-state index in [0.717, 1.165) is 0 Å². The highest BCUT2D eigenvalue weighted by Gasteiger charge is 2.04. The van der Waals surface area contributed by atoms with E-state index in [1.54, 1.807) is 0 Å². The van der Waals surface area contributed by atoms with Gasteiger partial charge in [0.25, 0.3) is 5.91 Å². The van der Waals surface area contributed by atoms with Gasteiger partial charge in [-0.15, -0.1) is 0 Å². The fraction of sp³-hybridized carbons (Fsp3) is 0.375. The number of aliphatic carboxylic acids is 1. The number of amides is 1. The molecule has 1 heterocycles. The van der Waals surface area contributed by atoms with Gasteiger partial charge in [-0.3, -0.25) is 14.3 Å². The molecule has 1 rings (SSSR count). The number of carboxylic acid groups (broad SMARTS) is 1. The number of carbonyl (C=O) groups is 2. The van der Waals surface area contributed by atoms with Gasteiger partial charge >= 0.3 is 5.97 Å². The lowest BCUT2D eigenvalue weighted by atomic mass is 10.3. The Hall–Kier alpha value is -1.85. The van der Waals surface area contributed by atoms with Crippen LogP contribution in [0.5, 0.6) is 0 Å². The Kier molecular flexibility index (Phi) is 3.22. The molecule has 0 radical (unpaired) electrons. The molecule has 0 fully saturated rings. The monoisotopic (exact) mass is 197 g/mol. The molecule has 0 aliphatic rings. The molecule has 0 atom stereocenters. The fourth-order valence-electron chi connectivity index (χ4n) is 1.01. The van der Waals surface area contributed by atoms with Crippen molar-refractivity contribution in [3.63, 3.8) is 0 Å². The van der Waals surface area contributed by atoms with Crippen LogP contribution in [0, 0.1) is 0 Å². The third kappa shape index (κ3) is 2.89. The molecule has 1 aromatic rings. The third-order valence-electron chi connectivity index (χ3n) is 1.70. The van der Waals surface area contributed by atoms with Gasteiger partial charge < -0.3 is 10.8 Å². The van der Waals surface area contributed by atoms with Crippen LogP contribution in [0.15, 0.2) is 12.4 Å². The second kappa shape index (κ2) is 4.40. The standard InChI is InChI=1S/C8H11N3O3/c9-8(14)6-4-10-11(5-6)3-1-2-7(12)13/h4-5H,1-3H2,(H2,9,14)(H,12,13). The Bertz CT molecular complexity index is 345. The Morgan fingerprint density at radius 1 is 1.57 bits per heavy atom. The lowest BCUT2D eigenvalue weighted by Crippen LogP contribution is -2.09. The van der Waals surface area contributed by atoms with Crippen molar-refractivity contribution < 1.29 is 14.7 Å². The summed E-state index contributed by atoms with van der Waals surface area (Å²) >= 11 is 0. The van der Waals surface area contributed by atoms with E-state index in [-0.39, 0.29) is 6.42 Å². The largest absolute Gasteiger partial charge is 0.481 e. The first-order valence-corrected chi connectivity index (χ1v) is 4.13. The Labute approximate surface area is 80.3 Å². The topological polar surface area (TPSA) is 98.2 Å². The number of nitrogens with two attached hydrogens (primary N) is 1. The van der Waals surface area contributed by atoms with Gasteiger partial charge in [0.15, 0.2) is 0 Å². The van der Waals surface area contributed by atoms with Crippen LogP contribution in [-0.4, -0.2) is 26.8 Å². The van der Waals surface area contributed by atoms with Crippen molar-refractivity contribution in [2.24, 2.45) is 5.73 Å². The van der Waals surface area contributed by atoms with E-state index in [1.165, 1.54) is 17.1 Å². The SMILES string of the molecule is NC(=O)c1cnn(CCCC(=O)O)c1. The molecule has 0 unspecified atom stereocenters. The number of nitrogens with zero attached hydrogens (tertiary/aromatic N) is 2. The smallest absolute Gasteiger partial charge is 0.303 e. The number of carboxylic acids is 1. The Morgan fingerprint density at radius 3 is 2.79 bits per heavy atom. The predicted molar refractivity (Wildman–Crippen MR) is 47.6 cm³/mol. The van der Waals surface area contributed by atoms with Crippen LogP contribution in [0.1, 0.15) is 23.2 Å². The maximum atomic E-state index is 10.7. The van der Waals surface area contributed by atoms with Crippen molar-refractivity contribution in [2.45, 2.75) is 19.4 Å². The number of primary amides is 1. The molecule has 76 valence electrons. The minimum atomic E-state index is -0.840. The predicted octanol–water partition coefficient (Wildman–Crippen LogP) is -0.153. The zero-order valence-electron chi connectivity index (χ0n) is 7.51. The maximum Gasteiger partial charge on any atom is 0.303 e. The summed E-state index contributed by atoms with van der Waals surface area (Å²) in [6.07, 6.45) is 3.44. The van der Waals surface area contributed by atoms with E-state index in [0.29, 0.717) is 18.5 Å². The second-order valence-corrected chi connectivity index (χ2v) is 2.85. The molecule has 14 heavy (non-hydrogen) atoms. The van der Waals surface area contributed by atoms with Crippen LogP contribution in [-0.2, 0) is 11.3 Å². The number of hydrogen-bond donors (Lipinski definition) is 2. The highest BCUT2D eigenvalue weighted by molar-refractivity contribution is 5.92. The van der Waals surface area contributed by atoms with Crippen LogP contribution in [0.25, 0.3) is 0 Å². The van der Waals surface area contributed by atoms with Crippen LogP contribution < -0.4 is 5.73 Å². The van der Waals surface area contributed by atoms with Crippen molar-refractivity contribution in [1.29, 1.82) is 0 Å². The first-order valence-electron chi connectivity index (χ1n) is 4.13. The summed E-state index contributed by atoms with van der Waals surface area (Å²) < 4.78 is 1.50. The summed E-state index contributed by atoms with van der Waals surface area (Å²) in [5, 5.41) is 12.2. The lowest BCUT2D eigenvalue weighted by molar-refractivity contribution is -0.137. The van der Waals surface area contributed by atoms with Crippen molar-refractivity contribution in [3.05, 3.63) is 18.0 Å². The molecular weight excluding hydrogens is 186 g/mol. The molecule has 1 amide bonds. The normalized spacial score (nSPS) is 10.0. The minimum Gasteiger partial charge on any atom is -0.481 e. The van der Waals surface area contributed by atoms with Gasteiger partial charge in [-0.25, -0.2) is 0 Å². The molecule has 3 N–H and O–H groups in total. The number of rotatable bonds is 5. The van der Waals surface area contributed by atoms with E-state index >= 15 is 0 Å². The number of hydrogen-bond acceptors (Lipinski definition) is 3. The minimum absolute atomic E-state index is 0.0891. The summed E-state index contributed by atoms with van der Waals surface area (Å²) in [4.78, 5) is 20.9. The Morgan fingerprint density at radius 2 is 2.29 bits per heavy atom. The molecule has 0 aliphatic heterocycles. The highest BCUT2D eigenvalue weighted by atomic mass is 16.4. The molecule has 0 saturated carbocycles. The summed E-state index contributed by atoms with van der Waals surface area (Å²) in [5.74, 6) is -1.37. The van der Waals surface area contributed by atoms with Gasteiger partial charge in [-0.1, -0.05) is 0 Å². The van der Waals surface area contributed by atoms with Crippen LogP contribution >= 0.6 is 0 Å². The molecule has 1 aromatic heterocycles. The molecule has 0 aliphatic carbocycles. The van der Waals surface area contributed by atoms with Crippen molar-refractivity contribution in [2.75, 3.05) is 0 Å². The summed E-state index contributed by atoms with van der Waals surface area (Å²) in [6.45, 7) is 0.472. The van der Waals surface area contributed by atoms with Gasteiger partial charge in [0, 0.05) is 19.2 Å². The van der Waals surface area contributed by atoms with E-state index < -0.39 is 11.9 Å². The van der Waals surface area contributed by atoms with Gasteiger partial charge in [0.2, 0.25) is 0 Å². The molecule has 0 spiro atoms. The van der Waals surface area contributed by atoms with Gasteiger partial charge in [-0.2, -0.15) is 5.10 Å². The molecule has 0 saturated heterocycles. The van der Waals surface area contributed by atoms with E-state index in [1.807, 2.05) is 0 Å². The molecule has 6 heteroatoms. The summed E-state index contributed by atoms with van der Waals surface area (Å²) in [7, 11) is 0. The quantitative estimate of drug-likeness (QED) is 0.685. The van der Waals surface area contributed by atoms with Crippen LogP contribution in [0.3, 0.4) is 0 Å². The average molecular weight is 197 g/mol.